The first-order chi connectivity index (χ1) is 14.5. The van der Waals surface area contributed by atoms with Crippen molar-refractivity contribution in [3.05, 3.63) is 29.8 Å². The summed E-state index contributed by atoms with van der Waals surface area (Å²) in [6, 6.07) is 3.68. The molecule has 3 atom stereocenters. The highest BCUT2D eigenvalue weighted by atomic mass is 16.5. The molecule has 0 aliphatic heterocycles. The SMILES string of the molecule is COC(=O)C(CC(C)C)NC(=O)CNC(=O)C(C)NC(=O)C(N)Cc1ccc(O)cc1. The molecule has 10 nitrogen and oxygen atoms in total. The van der Waals surface area contributed by atoms with Crippen molar-refractivity contribution in [2.45, 2.75) is 51.7 Å². The average molecular weight is 437 g/mol. The van der Waals surface area contributed by atoms with Crippen LogP contribution in [0.4, 0.5) is 0 Å². The van der Waals surface area contributed by atoms with Gasteiger partial charge in [0.15, 0.2) is 0 Å². The Morgan fingerprint density at radius 1 is 1.03 bits per heavy atom. The molecule has 3 unspecified atom stereocenters. The van der Waals surface area contributed by atoms with E-state index >= 15 is 0 Å². The van der Waals surface area contributed by atoms with Crippen LogP contribution in [0.1, 0.15) is 32.8 Å². The van der Waals surface area contributed by atoms with Crippen LogP contribution >= 0.6 is 0 Å². The standard InChI is InChI=1S/C21H32N4O6/c1-12(2)9-17(21(30)31-4)25-18(27)11-23-19(28)13(3)24-20(29)16(22)10-14-5-7-15(26)8-6-14/h5-8,12-13,16-17,26H,9-11,22H2,1-4H3,(H,23,28)(H,24,29)(H,25,27). The molecule has 1 rings (SSSR count). The monoisotopic (exact) mass is 436 g/mol. The predicted molar refractivity (Wildman–Crippen MR) is 114 cm³/mol. The molecule has 0 saturated heterocycles. The van der Waals surface area contributed by atoms with Crippen LogP contribution in [0.25, 0.3) is 0 Å². The summed E-state index contributed by atoms with van der Waals surface area (Å²) in [5.41, 5.74) is 6.64. The Morgan fingerprint density at radius 2 is 1.65 bits per heavy atom. The lowest BCUT2D eigenvalue weighted by molar-refractivity contribution is -0.145. The van der Waals surface area contributed by atoms with E-state index in [0.717, 1.165) is 5.56 Å². The first kappa shape index (κ1) is 25.9. The van der Waals surface area contributed by atoms with E-state index in [1.165, 1.54) is 26.2 Å². The molecule has 0 spiro atoms. The van der Waals surface area contributed by atoms with Gasteiger partial charge >= 0.3 is 5.97 Å². The van der Waals surface area contributed by atoms with Gasteiger partial charge in [-0.15, -0.1) is 0 Å². The van der Waals surface area contributed by atoms with E-state index in [9.17, 15) is 24.3 Å². The molecular weight excluding hydrogens is 404 g/mol. The van der Waals surface area contributed by atoms with Crippen molar-refractivity contribution in [3.8, 4) is 5.75 Å². The van der Waals surface area contributed by atoms with Crippen molar-refractivity contribution in [1.29, 1.82) is 0 Å². The number of phenolic OH excluding ortho intramolecular Hbond substituents is 1. The summed E-state index contributed by atoms with van der Waals surface area (Å²) >= 11 is 0. The van der Waals surface area contributed by atoms with Gasteiger partial charge in [-0.25, -0.2) is 4.79 Å². The van der Waals surface area contributed by atoms with Crippen molar-refractivity contribution in [2.24, 2.45) is 11.7 Å². The van der Waals surface area contributed by atoms with Gasteiger partial charge < -0.3 is 31.5 Å². The maximum Gasteiger partial charge on any atom is 0.328 e. The number of nitrogens with two attached hydrogens (primary N) is 1. The minimum atomic E-state index is -0.918. The predicted octanol–water partition coefficient (Wildman–Crippen LogP) is -0.413. The number of amides is 3. The number of aromatic hydroxyl groups is 1. The molecule has 0 fully saturated rings. The fraction of sp³-hybridized carbons (Fsp3) is 0.524. The fourth-order valence-corrected chi connectivity index (χ4v) is 2.76. The van der Waals surface area contributed by atoms with E-state index < -0.39 is 41.8 Å². The Labute approximate surface area is 181 Å². The molecule has 0 aromatic heterocycles. The molecule has 172 valence electrons. The number of phenols is 1. The minimum Gasteiger partial charge on any atom is -0.508 e. The Balaban J connectivity index is 2.48. The number of hydrogen-bond acceptors (Lipinski definition) is 7. The van der Waals surface area contributed by atoms with Crippen LogP contribution in [0.5, 0.6) is 5.75 Å². The Kier molecular flexibility index (Phi) is 10.5. The molecule has 0 radical (unpaired) electrons. The minimum absolute atomic E-state index is 0.109. The molecule has 0 bridgehead atoms. The van der Waals surface area contributed by atoms with Gasteiger partial charge in [0.05, 0.1) is 19.7 Å². The summed E-state index contributed by atoms with van der Waals surface area (Å²) < 4.78 is 4.68. The summed E-state index contributed by atoms with van der Waals surface area (Å²) in [7, 11) is 1.24. The van der Waals surface area contributed by atoms with Crippen molar-refractivity contribution >= 4 is 23.7 Å². The van der Waals surface area contributed by atoms with Crippen LogP contribution in [0, 0.1) is 5.92 Å². The van der Waals surface area contributed by atoms with E-state index in [2.05, 4.69) is 20.7 Å². The topological polar surface area (TPSA) is 160 Å². The van der Waals surface area contributed by atoms with Crippen molar-refractivity contribution in [3.63, 3.8) is 0 Å². The summed E-state index contributed by atoms with van der Waals surface area (Å²) in [4.78, 5) is 48.3. The van der Waals surface area contributed by atoms with Gasteiger partial charge in [0.25, 0.3) is 0 Å². The lowest BCUT2D eigenvalue weighted by atomic mass is 10.0. The largest absolute Gasteiger partial charge is 0.508 e. The van der Waals surface area contributed by atoms with Crippen LogP contribution in [-0.4, -0.2) is 60.6 Å². The molecule has 0 saturated carbocycles. The molecule has 3 amide bonds. The summed E-state index contributed by atoms with van der Waals surface area (Å²) in [6.45, 7) is 4.92. The maximum absolute atomic E-state index is 12.2. The van der Waals surface area contributed by atoms with Crippen LogP contribution < -0.4 is 21.7 Å². The number of methoxy groups -OCH3 is 1. The third-order valence-electron chi connectivity index (χ3n) is 4.43. The van der Waals surface area contributed by atoms with Gasteiger partial charge in [-0.2, -0.15) is 0 Å². The Morgan fingerprint density at radius 3 is 2.19 bits per heavy atom. The van der Waals surface area contributed by atoms with Gasteiger partial charge in [-0.05, 0) is 43.4 Å². The molecule has 6 N–H and O–H groups in total. The van der Waals surface area contributed by atoms with Gasteiger partial charge in [0.1, 0.15) is 17.8 Å². The maximum atomic E-state index is 12.2. The lowest BCUT2D eigenvalue weighted by Gasteiger charge is -2.19. The highest BCUT2D eigenvalue weighted by Gasteiger charge is 2.24. The second kappa shape index (κ2) is 12.5. The highest BCUT2D eigenvalue weighted by Crippen LogP contribution is 2.11. The molecule has 1 aromatic carbocycles. The molecule has 10 heteroatoms. The van der Waals surface area contributed by atoms with Crippen LogP contribution in [0.2, 0.25) is 0 Å². The molecular formula is C21H32N4O6. The number of rotatable bonds is 11. The summed E-state index contributed by atoms with van der Waals surface area (Å²) in [6.07, 6.45) is 0.630. The number of hydrogen-bond donors (Lipinski definition) is 5. The molecule has 0 aliphatic rings. The zero-order valence-electron chi connectivity index (χ0n) is 18.3. The normalized spacial score (nSPS) is 13.6. The van der Waals surface area contributed by atoms with E-state index in [1.54, 1.807) is 12.1 Å². The van der Waals surface area contributed by atoms with Gasteiger partial charge in [0, 0.05) is 0 Å². The second-order valence-corrected chi connectivity index (χ2v) is 7.70. The first-order valence-electron chi connectivity index (χ1n) is 10.0. The molecule has 31 heavy (non-hydrogen) atoms. The number of carbonyl (C=O) groups is 4. The third kappa shape index (κ3) is 9.47. The first-order valence-corrected chi connectivity index (χ1v) is 10.0. The Bertz CT molecular complexity index is 766. The number of benzene rings is 1. The van der Waals surface area contributed by atoms with Gasteiger partial charge in [-0.3, -0.25) is 14.4 Å². The van der Waals surface area contributed by atoms with E-state index in [4.69, 9.17) is 5.73 Å². The van der Waals surface area contributed by atoms with Crippen molar-refractivity contribution in [2.75, 3.05) is 13.7 Å². The second-order valence-electron chi connectivity index (χ2n) is 7.70. The van der Waals surface area contributed by atoms with Crippen LogP contribution in [0.15, 0.2) is 24.3 Å². The Hall–Kier alpha value is -3.14. The smallest absolute Gasteiger partial charge is 0.328 e. The summed E-state index contributed by atoms with van der Waals surface area (Å²) in [5.74, 6) is -1.94. The van der Waals surface area contributed by atoms with E-state index in [-0.39, 0.29) is 24.6 Å². The van der Waals surface area contributed by atoms with Gasteiger partial charge in [0.2, 0.25) is 17.7 Å². The third-order valence-corrected chi connectivity index (χ3v) is 4.43. The summed E-state index contributed by atoms with van der Waals surface area (Å²) in [5, 5.41) is 16.7. The van der Waals surface area contributed by atoms with Crippen LogP contribution in [0.3, 0.4) is 0 Å². The number of esters is 1. The van der Waals surface area contributed by atoms with Crippen molar-refractivity contribution < 1.29 is 29.0 Å². The average Bonchev–Trinajstić information content (AvgIpc) is 2.71. The number of nitrogens with one attached hydrogen (secondary N) is 3. The lowest BCUT2D eigenvalue weighted by Crippen LogP contribution is -2.52. The number of carbonyl (C=O) groups excluding carboxylic acids is 4. The quantitative estimate of drug-likeness (QED) is 0.295. The van der Waals surface area contributed by atoms with Crippen LogP contribution in [-0.2, 0) is 30.3 Å². The number of ether oxygens (including phenoxy) is 1. The fourth-order valence-electron chi connectivity index (χ4n) is 2.76. The molecule has 0 heterocycles. The zero-order chi connectivity index (χ0) is 23.6. The highest BCUT2D eigenvalue weighted by molar-refractivity contribution is 5.92. The molecule has 1 aromatic rings. The van der Waals surface area contributed by atoms with Gasteiger partial charge in [-0.1, -0.05) is 26.0 Å². The molecule has 0 aliphatic carbocycles. The van der Waals surface area contributed by atoms with Crippen molar-refractivity contribution in [1.82, 2.24) is 16.0 Å². The van der Waals surface area contributed by atoms with E-state index in [0.29, 0.717) is 6.42 Å². The van der Waals surface area contributed by atoms with E-state index in [1.807, 2.05) is 13.8 Å². The zero-order valence-corrected chi connectivity index (χ0v) is 18.3.